The van der Waals surface area contributed by atoms with E-state index in [0.29, 0.717) is 12.3 Å². The van der Waals surface area contributed by atoms with Crippen LogP contribution in [0.3, 0.4) is 0 Å². The van der Waals surface area contributed by atoms with E-state index in [9.17, 15) is 4.79 Å². The second-order valence-corrected chi connectivity index (χ2v) is 6.95. The van der Waals surface area contributed by atoms with Crippen molar-refractivity contribution in [1.29, 1.82) is 0 Å². The van der Waals surface area contributed by atoms with Gasteiger partial charge in [-0.1, -0.05) is 24.3 Å². The molecule has 0 saturated heterocycles. The van der Waals surface area contributed by atoms with Crippen LogP contribution < -0.4 is 14.8 Å². The normalized spacial score (nSPS) is 11.4. The summed E-state index contributed by atoms with van der Waals surface area (Å²) < 4.78 is 16.7. The Kier molecular flexibility index (Phi) is 5.90. The highest BCUT2D eigenvalue weighted by atomic mass is 16.5. The molecule has 0 bridgehead atoms. The predicted octanol–water partition coefficient (Wildman–Crippen LogP) is 3.81. The highest BCUT2D eigenvalue weighted by Gasteiger charge is 2.22. The van der Waals surface area contributed by atoms with Gasteiger partial charge in [0.1, 0.15) is 18.1 Å². The number of carbonyl (C=O) groups excluding carboxylic acids is 1. The standard InChI is InChI=1S/C20H27NO4/c1-13(22)25-12-17-16(11-21-20(2,3)4)18(23-5)14-9-7-8-10-15(14)19(17)24-6/h7-10,21H,11-12H2,1-6H3. The first kappa shape index (κ1) is 19.1. The fourth-order valence-electron chi connectivity index (χ4n) is 2.81. The molecule has 1 N–H and O–H groups in total. The Labute approximate surface area is 149 Å². The van der Waals surface area contributed by atoms with Crippen LogP contribution in [0.4, 0.5) is 0 Å². The lowest BCUT2D eigenvalue weighted by Gasteiger charge is -2.25. The van der Waals surface area contributed by atoms with Gasteiger partial charge in [-0.05, 0) is 20.8 Å². The molecule has 2 aromatic rings. The van der Waals surface area contributed by atoms with Crippen LogP contribution in [0.2, 0.25) is 0 Å². The molecular formula is C20H27NO4. The highest BCUT2D eigenvalue weighted by molar-refractivity contribution is 5.96. The zero-order valence-corrected chi connectivity index (χ0v) is 15.9. The van der Waals surface area contributed by atoms with E-state index in [1.807, 2.05) is 24.3 Å². The fraction of sp³-hybridized carbons (Fsp3) is 0.450. The molecule has 0 aliphatic carbocycles. The van der Waals surface area contributed by atoms with Gasteiger partial charge >= 0.3 is 5.97 Å². The molecule has 0 fully saturated rings. The number of fused-ring (bicyclic) bond motifs is 1. The summed E-state index contributed by atoms with van der Waals surface area (Å²) in [6, 6.07) is 7.91. The average Bonchev–Trinajstić information content (AvgIpc) is 2.55. The molecule has 0 amide bonds. The van der Waals surface area contributed by atoms with E-state index in [2.05, 4.69) is 26.1 Å². The minimum Gasteiger partial charge on any atom is -0.496 e. The van der Waals surface area contributed by atoms with Crippen molar-refractivity contribution in [2.75, 3.05) is 14.2 Å². The van der Waals surface area contributed by atoms with Gasteiger partial charge in [-0.2, -0.15) is 0 Å². The monoisotopic (exact) mass is 345 g/mol. The van der Waals surface area contributed by atoms with Crippen molar-refractivity contribution in [3.63, 3.8) is 0 Å². The lowest BCUT2D eigenvalue weighted by atomic mass is 9.96. The van der Waals surface area contributed by atoms with Crippen LogP contribution in [-0.2, 0) is 22.7 Å². The Hall–Kier alpha value is -2.27. The number of nitrogens with one attached hydrogen (secondary N) is 1. The molecule has 0 atom stereocenters. The number of hydrogen-bond donors (Lipinski definition) is 1. The average molecular weight is 345 g/mol. The molecule has 0 saturated carbocycles. The summed E-state index contributed by atoms with van der Waals surface area (Å²) in [5, 5.41) is 5.39. The van der Waals surface area contributed by atoms with Crippen molar-refractivity contribution in [2.45, 2.75) is 46.4 Å². The van der Waals surface area contributed by atoms with Gasteiger partial charge < -0.3 is 19.5 Å². The molecule has 5 heteroatoms. The Balaban J connectivity index is 2.69. The van der Waals surface area contributed by atoms with E-state index in [0.717, 1.165) is 27.6 Å². The molecular weight excluding hydrogens is 318 g/mol. The first-order valence-corrected chi connectivity index (χ1v) is 8.31. The van der Waals surface area contributed by atoms with Crippen LogP contribution in [0.25, 0.3) is 10.8 Å². The van der Waals surface area contributed by atoms with E-state index in [1.165, 1.54) is 6.92 Å². The van der Waals surface area contributed by atoms with Gasteiger partial charge in [-0.25, -0.2) is 0 Å². The van der Waals surface area contributed by atoms with E-state index < -0.39 is 0 Å². The molecule has 5 nitrogen and oxygen atoms in total. The molecule has 0 aromatic heterocycles. The number of methoxy groups -OCH3 is 2. The zero-order valence-electron chi connectivity index (χ0n) is 15.9. The number of benzene rings is 2. The van der Waals surface area contributed by atoms with Gasteiger partial charge in [0.05, 0.1) is 14.2 Å². The van der Waals surface area contributed by atoms with Gasteiger partial charge in [-0.3, -0.25) is 4.79 Å². The molecule has 136 valence electrons. The number of esters is 1. The van der Waals surface area contributed by atoms with E-state index >= 15 is 0 Å². The van der Waals surface area contributed by atoms with Crippen LogP contribution in [0.15, 0.2) is 24.3 Å². The SMILES string of the molecule is COc1c(CNC(C)(C)C)c(COC(C)=O)c(OC)c2ccccc12. The van der Waals surface area contributed by atoms with Crippen molar-refractivity contribution in [1.82, 2.24) is 5.32 Å². The Morgan fingerprint density at radius 2 is 1.52 bits per heavy atom. The van der Waals surface area contributed by atoms with Crippen LogP contribution in [-0.4, -0.2) is 25.7 Å². The number of rotatable bonds is 6. The minimum atomic E-state index is -0.330. The van der Waals surface area contributed by atoms with Gasteiger partial charge in [-0.15, -0.1) is 0 Å². The molecule has 0 radical (unpaired) electrons. The van der Waals surface area contributed by atoms with Crippen LogP contribution in [0.1, 0.15) is 38.8 Å². The largest absolute Gasteiger partial charge is 0.496 e. The highest BCUT2D eigenvalue weighted by Crippen LogP contribution is 2.41. The maximum atomic E-state index is 11.4. The molecule has 25 heavy (non-hydrogen) atoms. The number of carbonyl (C=O) groups is 1. The topological polar surface area (TPSA) is 56.8 Å². The van der Waals surface area contributed by atoms with Crippen LogP contribution >= 0.6 is 0 Å². The van der Waals surface area contributed by atoms with Gasteiger partial charge in [0.25, 0.3) is 0 Å². The fourth-order valence-corrected chi connectivity index (χ4v) is 2.81. The van der Waals surface area contributed by atoms with E-state index in [1.54, 1.807) is 14.2 Å². The molecule has 0 spiro atoms. The maximum absolute atomic E-state index is 11.4. The molecule has 0 aliphatic heterocycles. The van der Waals surface area contributed by atoms with E-state index in [-0.39, 0.29) is 18.1 Å². The third-order valence-corrected chi connectivity index (χ3v) is 3.95. The third kappa shape index (κ3) is 4.42. The smallest absolute Gasteiger partial charge is 0.302 e. The van der Waals surface area contributed by atoms with Crippen molar-refractivity contribution in [3.05, 3.63) is 35.4 Å². The summed E-state index contributed by atoms with van der Waals surface area (Å²) in [6.45, 7) is 8.42. The zero-order chi connectivity index (χ0) is 18.6. The lowest BCUT2D eigenvalue weighted by molar-refractivity contribution is -0.142. The molecule has 0 aliphatic rings. The first-order valence-electron chi connectivity index (χ1n) is 8.31. The second kappa shape index (κ2) is 7.74. The molecule has 2 aromatic carbocycles. The first-order chi connectivity index (χ1) is 11.8. The van der Waals surface area contributed by atoms with Crippen LogP contribution in [0, 0.1) is 0 Å². The molecule has 0 unspecified atom stereocenters. The minimum absolute atomic E-state index is 0.0669. The predicted molar refractivity (Wildman–Crippen MR) is 99.1 cm³/mol. The lowest BCUT2D eigenvalue weighted by Crippen LogP contribution is -2.35. The summed E-state index contributed by atoms with van der Waals surface area (Å²) in [4.78, 5) is 11.4. The van der Waals surface area contributed by atoms with Gasteiger partial charge in [0.2, 0.25) is 0 Å². The second-order valence-electron chi connectivity index (χ2n) is 6.95. The summed E-state index contributed by atoms with van der Waals surface area (Å²) in [5.74, 6) is 1.16. The number of ether oxygens (including phenoxy) is 3. The van der Waals surface area contributed by atoms with Gasteiger partial charge in [0, 0.05) is 40.9 Å². The van der Waals surface area contributed by atoms with Crippen molar-refractivity contribution < 1.29 is 19.0 Å². The Morgan fingerprint density at radius 1 is 1.00 bits per heavy atom. The van der Waals surface area contributed by atoms with Crippen molar-refractivity contribution in [2.24, 2.45) is 0 Å². The van der Waals surface area contributed by atoms with E-state index in [4.69, 9.17) is 14.2 Å². The number of hydrogen-bond acceptors (Lipinski definition) is 5. The summed E-state index contributed by atoms with van der Waals surface area (Å²) in [6.07, 6.45) is 0. The molecule has 2 rings (SSSR count). The van der Waals surface area contributed by atoms with Crippen molar-refractivity contribution in [3.8, 4) is 11.5 Å². The summed E-state index contributed by atoms with van der Waals surface area (Å²) >= 11 is 0. The molecule has 0 heterocycles. The quantitative estimate of drug-likeness (QED) is 0.807. The van der Waals surface area contributed by atoms with Gasteiger partial charge in [0.15, 0.2) is 0 Å². The summed E-state index contributed by atoms with van der Waals surface area (Å²) in [5.41, 5.74) is 1.70. The Bertz CT molecular complexity index is 762. The Morgan fingerprint density at radius 3 is 1.96 bits per heavy atom. The maximum Gasteiger partial charge on any atom is 0.302 e. The third-order valence-electron chi connectivity index (χ3n) is 3.95. The van der Waals surface area contributed by atoms with Crippen molar-refractivity contribution >= 4 is 16.7 Å². The summed E-state index contributed by atoms with van der Waals surface area (Å²) in [7, 11) is 3.29. The van der Waals surface area contributed by atoms with Crippen LogP contribution in [0.5, 0.6) is 11.5 Å².